The molecular formula is C19H25N5O2. The van der Waals surface area contributed by atoms with Gasteiger partial charge in [-0.3, -0.25) is 9.69 Å². The first-order valence-corrected chi connectivity index (χ1v) is 8.91. The average Bonchev–Trinajstić information content (AvgIpc) is 2.69. The van der Waals surface area contributed by atoms with Crippen LogP contribution in [0.15, 0.2) is 36.7 Å². The Labute approximate surface area is 153 Å². The number of nitrogens with one attached hydrogen (secondary N) is 1. The van der Waals surface area contributed by atoms with E-state index >= 15 is 0 Å². The Morgan fingerprint density at radius 3 is 2.54 bits per heavy atom. The largest absolute Gasteiger partial charge is 0.497 e. The number of carbonyl (C=O) groups is 1. The number of hydrogen-bond donors (Lipinski definition) is 2. The maximum absolute atomic E-state index is 12.5. The van der Waals surface area contributed by atoms with Gasteiger partial charge in [-0.2, -0.15) is 0 Å². The molecule has 7 nitrogen and oxygen atoms in total. The lowest BCUT2D eigenvalue weighted by Crippen LogP contribution is -2.41. The average molecular weight is 355 g/mol. The van der Waals surface area contributed by atoms with Crippen LogP contribution in [0.4, 0.5) is 5.82 Å². The van der Waals surface area contributed by atoms with E-state index in [1.165, 1.54) is 31.7 Å². The molecule has 1 amide bonds. The van der Waals surface area contributed by atoms with E-state index in [1.807, 2.05) is 12.1 Å². The lowest BCUT2D eigenvalue weighted by molar-refractivity contribution is 0.0920. The van der Waals surface area contributed by atoms with Gasteiger partial charge in [-0.1, -0.05) is 18.6 Å². The van der Waals surface area contributed by atoms with E-state index in [1.54, 1.807) is 7.11 Å². The molecule has 1 aliphatic heterocycles. The number of methoxy groups -OCH3 is 1. The molecule has 0 spiro atoms. The van der Waals surface area contributed by atoms with Gasteiger partial charge in [0, 0.05) is 18.9 Å². The number of benzene rings is 1. The molecule has 1 aromatic carbocycles. The lowest BCUT2D eigenvalue weighted by atomic mass is 10.0. The van der Waals surface area contributed by atoms with Crippen molar-refractivity contribution < 1.29 is 9.53 Å². The van der Waals surface area contributed by atoms with Gasteiger partial charge in [0.1, 0.15) is 5.75 Å². The van der Waals surface area contributed by atoms with Crippen LogP contribution in [0.2, 0.25) is 0 Å². The Kier molecular flexibility index (Phi) is 6.01. The van der Waals surface area contributed by atoms with Crippen molar-refractivity contribution in [3.63, 3.8) is 0 Å². The SMILES string of the molecule is COc1ccc([C@@H](CNC(=O)c2nccnc2N)N2CCCCC2)cc1. The van der Waals surface area contributed by atoms with E-state index in [0.717, 1.165) is 24.4 Å². The second kappa shape index (κ2) is 8.62. The number of aromatic nitrogens is 2. The minimum atomic E-state index is -0.300. The second-order valence-electron chi connectivity index (χ2n) is 6.39. The first-order valence-electron chi connectivity index (χ1n) is 8.91. The highest BCUT2D eigenvalue weighted by atomic mass is 16.5. The predicted octanol–water partition coefficient (Wildman–Crippen LogP) is 2.02. The quantitative estimate of drug-likeness (QED) is 0.823. The number of nitrogen functional groups attached to an aromatic ring is 1. The fourth-order valence-electron chi connectivity index (χ4n) is 3.31. The molecule has 1 aliphatic rings. The number of ether oxygens (including phenoxy) is 1. The van der Waals surface area contributed by atoms with E-state index < -0.39 is 0 Å². The molecule has 0 radical (unpaired) electrons. The third-order valence-electron chi connectivity index (χ3n) is 4.73. The molecule has 1 saturated heterocycles. The molecule has 0 aliphatic carbocycles. The molecule has 0 saturated carbocycles. The Balaban J connectivity index is 1.74. The van der Waals surface area contributed by atoms with Crippen LogP contribution < -0.4 is 15.8 Å². The first-order chi connectivity index (χ1) is 12.7. The van der Waals surface area contributed by atoms with Crippen LogP contribution >= 0.6 is 0 Å². The molecular weight excluding hydrogens is 330 g/mol. The van der Waals surface area contributed by atoms with Crippen molar-refractivity contribution in [1.29, 1.82) is 0 Å². The molecule has 1 fully saturated rings. The van der Waals surface area contributed by atoms with E-state index in [2.05, 4.69) is 32.3 Å². The summed E-state index contributed by atoms with van der Waals surface area (Å²) in [5.74, 6) is 0.664. The van der Waals surface area contributed by atoms with Crippen LogP contribution in [0, 0.1) is 0 Å². The van der Waals surface area contributed by atoms with Crippen molar-refractivity contribution >= 4 is 11.7 Å². The summed E-state index contributed by atoms with van der Waals surface area (Å²) >= 11 is 0. The molecule has 138 valence electrons. The smallest absolute Gasteiger partial charge is 0.273 e. The number of likely N-dealkylation sites (tertiary alicyclic amines) is 1. The number of anilines is 1. The van der Waals surface area contributed by atoms with Gasteiger partial charge in [-0.25, -0.2) is 9.97 Å². The van der Waals surface area contributed by atoms with Crippen molar-refractivity contribution in [2.75, 3.05) is 32.5 Å². The maximum Gasteiger partial charge on any atom is 0.273 e. The minimum Gasteiger partial charge on any atom is -0.497 e. The number of hydrogen-bond acceptors (Lipinski definition) is 6. The summed E-state index contributed by atoms with van der Waals surface area (Å²) in [5, 5.41) is 2.97. The molecule has 1 atom stereocenters. The zero-order valence-corrected chi connectivity index (χ0v) is 15.0. The van der Waals surface area contributed by atoms with Crippen molar-refractivity contribution in [1.82, 2.24) is 20.2 Å². The Hall–Kier alpha value is -2.67. The van der Waals surface area contributed by atoms with Gasteiger partial charge in [0.25, 0.3) is 5.91 Å². The molecule has 3 N–H and O–H groups in total. The fraction of sp³-hybridized carbons (Fsp3) is 0.421. The first kappa shape index (κ1) is 18.1. The molecule has 3 rings (SSSR count). The molecule has 0 bridgehead atoms. The van der Waals surface area contributed by atoms with Gasteiger partial charge in [-0.05, 0) is 43.6 Å². The van der Waals surface area contributed by atoms with Gasteiger partial charge in [0.05, 0.1) is 13.2 Å². The molecule has 1 aromatic heterocycles. The highest BCUT2D eigenvalue weighted by Gasteiger charge is 2.23. The monoisotopic (exact) mass is 355 g/mol. The molecule has 7 heteroatoms. The van der Waals surface area contributed by atoms with Crippen molar-refractivity contribution in [3.8, 4) is 5.75 Å². The lowest BCUT2D eigenvalue weighted by Gasteiger charge is -2.35. The van der Waals surface area contributed by atoms with Gasteiger partial charge in [-0.15, -0.1) is 0 Å². The predicted molar refractivity (Wildman–Crippen MR) is 99.9 cm³/mol. The maximum atomic E-state index is 12.5. The number of piperidine rings is 1. The van der Waals surface area contributed by atoms with Crippen LogP contribution in [0.5, 0.6) is 5.75 Å². The van der Waals surface area contributed by atoms with Crippen molar-refractivity contribution in [2.24, 2.45) is 0 Å². The van der Waals surface area contributed by atoms with E-state index in [0.29, 0.717) is 6.54 Å². The van der Waals surface area contributed by atoms with Crippen LogP contribution in [0.3, 0.4) is 0 Å². The highest BCUT2D eigenvalue weighted by Crippen LogP contribution is 2.26. The Morgan fingerprint density at radius 1 is 1.19 bits per heavy atom. The van der Waals surface area contributed by atoms with E-state index in [-0.39, 0.29) is 23.5 Å². The Bertz CT molecular complexity index is 729. The summed E-state index contributed by atoms with van der Waals surface area (Å²) in [6, 6.07) is 8.12. The van der Waals surface area contributed by atoms with Crippen molar-refractivity contribution in [3.05, 3.63) is 47.9 Å². The van der Waals surface area contributed by atoms with Crippen LogP contribution in [0.25, 0.3) is 0 Å². The third-order valence-corrected chi connectivity index (χ3v) is 4.73. The number of nitrogens with zero attached hydrogens (tertiary/aromatic N) is 3. The summed E-state index contributed by atoms with van der Waals surface area (Å²) < 4.78 is 5.25. The van der Waals surface area contributed by atoms with Crippen LogP contribution in [-0.2, 0) is 0 Å². The van der Waals surface area contributed by atoms with Gasteiger partial charge in [0.2, 0.25) is 0 Å². The van der Waals surface area contributed by atoms with E-state index in [4.69, 9.17) is 10.5 Å². The second-order valence-corrected chi connectivity index (χ2v) is 6.39. The zero-order chi connectivity index (χ0) is 18.4. The van der Waals surface area contributed by atoms with Crippen molar-refractivity contribution in [2.45, 2.75) is 25.3 Å². The summed E-state index contributed by atoms with van der Waals surface area (Å²) in [4.78, 5) is 22.8. The summed E-state index contributed by atoms with van der Waals surface area (Å²) in [7, 11) is 1.66. The van der Waals surface area contributed by atoms with Crippen LogP contribution in [-0.4, -0.2) is 47.5 Å². The fourth-order valence-corrected chi connectivity index (χ4v) is 3.31. The third kappa shape index (κ3) is 4.29. The topological polar surface area (TPSA) is 93.4 Å². The van der Waals surface area contributed by atoms with E-state index in [9.17, 15) is 4.79 Å². The molecule has 0 unspecified atom stereocenters. The standard InChI is InChI=1S/C19H25N5O2/c1-26-15-7-5-14(6-8-15)16(24-11-3-2-4-12-24)13-23-19(25)17-18(20)22-10-9-21-17/h5-10,16H,2-4,11-13H2,1H3,(H2,20,22)(H,23,25)/t16-/m1/s1. The van der Waals surface area contributed by atoms with Crippen LogP contribution in [0.1, 0.15) is 41.4 Å². The summed E-state index contributed by atoms with van der Waals surface area (Å²) in [6.45, 7) is 2.54. The summed E-state index contributed by atoms with van der Waals surface area (Å²) in [5.41, 5.74) is 7.07. The molecule has 2 aromatic rings. The Morgan fingerprint density at radius 2 is 1.88 bits per heavy atom. The normalized spacial score (nSPS) is 16.0. The summed E-state index contributed by atoms with van der Waals surface area (Å²) in [6.07, 6.45) is 6.56. The highest BCUT2D eigenvalue weighted by molar-refractivity contribution is 5.96. The zero-order valence-electron chi connectivity index (χ0n) is 15.0. The number of amides is 1. The van der Waals surface area contributed by atoms with Gasteiger partial charge in [0.15, 0.2) is 11.5 Å². The van der Waals surface area contributed by atoms with Gasteiger partial charge >= 0.3 is 0 Å². The number of rotatable bonds is 6. The number of carbonyl (C=O) groups excluding carboxylic acids is 1. The number of nitrogens with two attached hydrogens (primary N) is 1. The molecule has 26 heavy (non-hydrogen) atoms. The molecule has 2 heterocycles. The van der Waals surface area contributed by atoms with Gasteiger partial charge < -0.3 is 15.8 Å². The minimum absolute atomic E-state index is 0.100.